The second-order valence-electron chi connectivity index (χ2n) is 4.82. The summed E-state index contributed by atoms with van der Waals surface area (Å²) in [5, 5.41) is 0. The maximum Gasteiger partial charge on any atom is 0.145 e. The van der Waals surface area contributed by atoms with Crippen LogP contribution in [-0.2, 0) is 0 Å². The van der Waals surface area contributed by atoms with Crippen LogP contribution in [0, 0.1) is 9.49 Å². The zero-order chi connectivity index (χ0) is 13.0. The van der Waals surface area contributed by atoms with E-state index in [1.165, 1.54) is 0 Å². The molecule has 1 unspecified atom stereocenters. The molecule has 1 fully saturated rings. The predicted octanol–water partition coefficient (Wildman–Crippen LogP) is 0.798. The molecule has 18 heavy (non-hydrogen) atoms. The lowest BCUT2D eigenvalue weighted by Crippen LogP contribution is -2.48. The topological polar surface area (TPSA) is 58.3 Å². The fourth-order valence-electron chi connectivity index (χ4n) is 2.20. The molecule has 5 nitrogen and oxygen atoms in total. The van der Waals surface area contributed by atoms with Crippen LogP contribution >= 0.6 is 22.6 Å². The lowest BCUT2D eigenvalue weighted by Gasteiger charge is -2.36. The summed E-state index contributed by atoms with van der Waals surface area (Å²) < 4.78 is 1.12. The Morgan fingerprint density at radius 3 is 2.72 bits per heavy atom. The number of halogens is 1. The Morgan fingerprint density at radius 2 is 2.11 bits per heavy atom. The van der Waals surface area contributed by atoms with Crippen LogP contribution in [-0.4, -0.2) is 54.1 Å². The standard InChI is InChI=1S/C12H20IN5/c1-10(6-14)8-17-2-4-18(5-3-17)12-11(13)7-15-9-16-12/h7,9-10H,2-6,8,14H2,1H3. The first kappa shape index (κ1) is 14.0. The van der Waals surface area contributed by atoms with Gasteiger partial charge in [-0.05, 0) is 35.1 Å². The highest BCUT2D eigenvalue weighted by Crippen LogP contribution is 2.19. The van der Waals surface area contributed by atoms with Gasteiger partial charge in [-0.3, -0.25) is 4.90 Å². The number of aromatic nitrogens is 2. The van der Waals surface area contributed by atoms with E-state index in [4.69, 9.17) is 5.73 Å². The third kappa shape index (κ3) is 3.52. The van der Waals surface area contributed by atoms with Gasteiger partial charge < -0.3 is 10.6 Å². The number of nitrogens with zero attached hydrogens (tertiary/aromatic N) is 4. The maximum atomic E-state index is 5.67. The van der Waals surface area contributed by atoms with Crippen molar-refractivity contribution in [1.29, 1.82) is 0 Å². The summed E-state index contributed by atoms with van der Waals surface area (Å²) in [6.07, 6.45) is 3.49. The lowest BCUT2D eigenvalue weighted by atomic mass is 10.1. The zero-order valence-electron chi connectivity index (χ0n) is 10.7. The van der Waals surface area contributed by atoms with Crippen molar-refractivity contribution in [1.82, 2.24) is 14.9 Å². The quantitative estimate of drug-likeness (QED) is 0.804. The van der Waals surface area contributed by atoms with E-state index in [1.54, 1.807) is 6.33 Å². The number of rotatable bonds is 4. The molecule has 2 N–H and O–H groups in total. The second-order valence-corrected chi connectivity index (χ2v) is 5.99. The van der Waals surface area contributed by atoms with Gasteiger partial charge in [0.1, 0.15) is 12.1 Å². The monoisotopic (exact) mass is 361 g/mol. The number of piperazine rings is 1. The Hall–Kier alpha value is -0.470. The normalized spacial score (nSPS) is 18.9. The number of nitrogens with two attached hydrogens (primary N) is 1. The number of anilines is 1. The van der Waals surface area contributed by atoms with Gasteiger partial charge in [0, 0.05) is 38.9 Å². The van der Waals surface area contributed by atoms with E-state index in [0.717, 1.165) is 48.7 Å². The van der Waals surface area contributed by atoms with Crippen molar-refractivity contribution in [3.8, 4) is 0 Å². The molecule has 1 aliphatic heterocycles. The Balaban J connectivity index is 1.89. The highest BCUT2D eigenvalue weighted by Gasteiger charge is 2.20. The number of hydrogen-bond donors (Lipinski definition) is 1. The van der Waals surface area contributed by atoms with Crippen LogP contribution in [0.4, 0.5) is 5.82 Å². The smallest absolute Gasteiger partial charge is 0.145 e. The van der Waals surface area contributed by atoms with E-state index in [2.05, 4.69) is 49.3 Å². The Labute approximate surface area is 122 Å². The van der Waals surface area contributed by atoms with Crippen molar-refractivity contribution in [3.05, 3.63) is 16.1 Å². The van der Waals surface area contributed by atoms with Gasteiger partial charge in [-0.25, -0.2) is 9.97 Å². The lowest BCUT2D eigenvalue weighted by molar-refractivity contribution is 0.226. The molecule has 0 spiro atoms. The van der Waals surface area contributed by atoms with Crippen LogP contribution in [0.5, 0.6) is 0 Å². The average Bonchev–Trinajstić information content (AvgIpc) is 2.40. The Bertz CT molecular complexity index is 378. The molecular formula is C12H20IN5. The zero-order valence-corrected chi connectivity index (χ0v) is 12.9. The van der Waals surface area contributed by atoms with Crippen LogP contribution in [0.2, 0.25) is 0 Å². The van der Waals surface area contributed by atoms with Crippen molar-refractivity contribution in [3.63, 3.8) is 0 Å². The first-order valence-corrected chi connectivity index (χ1v) is 7.41. The third-order valence-corrected chi connectivity index (χ3v) is 4.05. The molecule has 2 heterocycles. The van der Waals surface area contributed by atoms with Crippen molar-refractivity contribution in [2.45, 2.75) is 6.92 Å². The molecule has 1 aliphatic rings. The molecule has 1 aromatic rings. The molecule has 1 atom stereocenters. The fraction of sp³-hybridized carbons (Fsp3) is 0.667. The maximum absolute atomic E-state index is 5.67. The predicted molar refractivity (Wildman–Crippen MR) is 81.6 cm³/mol. The Kier molecular flexibility index (Phi) is 5.13. The minimum atomic E-state index is 0.579. The molecular weight excluding hydrogens is 341 g/mol. The number of hydrogen-bond acceptors (Lipinski definition) is 5. The van der Waals surface area contributed by atoms with Crippen LogP contribution in [0.15, 0.2) is 12.5 Å². The highest BCUT2D eigenvalue weighted by atomic mass is 127. The van der Waals surface area contributed by atoms with Crippen LogP contribution in [0.25, 0.3) is 0 Å². The van der Waals surface area contributed by atoms with Crippen molar-refractivity contribution in [2.24, 2.45) is 11.7 Å². The van der Waals surface area contributed by atoms with Gasteiger partial charge in [0.2, 0.25) is 0 Å². The van der Waals surface area contributed by atoms with Gasteiger partial charge in [0.15, 0.2) is 0 Å². The minimum Gasteiger partial charge on any atom is -0.353 e. The molecule has 0 amide bonds. The van der Waals surface area contributed by atoms with Crippen molar-refractivity contribution < 1.29 is 0 Å². The fourth-order valence-corrected chi connectivity index (χ4v) is 2.84. The molecule has 0 aliphatic carbocycles. The van der Waals surface area contributed by atoms with Gasteiger partial charge in [-0.2, -0.15) is 0 Å². The van der Waals surface area contributed by atoms with Crippen molar-refractivity contribution in [2.75, 3.05) is 44.2 Å². The SMILES string of the molecule is CC(CN)CN1CCN(c2ncncc2I)CC1. The van der Waals surface area contributed by atoms with E-state index in [-0.39, 0.29) is 0 Å². The summed E-state index contributed by atoms with van der Waals surface area (Å²) in [5.41, 5.74) is 5.67. The molecule has 0 saturated carbocycles. The molecule has 0 bridgehead atoms. The summed E-state index contributed by atoms with van der Waals surface area (Å²) in [4.78, 5) is 13.2. The Morgan fingerprint density at radius 1 is 1.39 bits per heavy atom. The van der Waals surface area contributed by atoms with Gasteiger partial charge in [0.05, 0.1) is 3.57 Å². The van der Waals surface area contributed by atoms with E-state index >= 15 is 0 Å². The first-order valence-electron chi connectivity index (χ1n) is 6.33. The molecule has 2 rings (SSSR count). The van der Waals surface area contributed by atoms with Crippen LogP contribution in [0.3, 0.4) is 0 Å². The van der Waals surface area contributed by atoms with Crippen LogP contribution < -0.4 is 10.6 Å². The largest absolute Gasteiger partial charge is 0.353 e. The van der Waals surface area contributed by atoms with Crippen LogP contribution in [0.1, 0.15) is 6.92 Å². The average molecular weight is 361 g/mol. The van der Waals surface area contributed by atoms with E-state index in [9.17, 15) is 0 Å². The second kappa shape index (κ2) is 6.63. The molecule has 0 aromatic carbocycles. The minimum absolute atomic E-state index is 0.579. The van der Waals surface area contributed by atoms with Gasteiger partial charge in [-0.1, -0.05) is 6.92 Å². The van der Waals surface area contributed by atoms with E-state index in [0.29, 0.717) is 5.92 Å². The molecule has 100 valence electrons. The molecule has 0 radical (unpaired) electrons. The third-order valence-electron chi connectivity index (χ3n) is 3.29. The van der Waals surface area contributed by atoms with Gasteiger partial charge in [-0.15, -0.1) is 0 Å². The summed E-state index contributed by atoms with van der Waals surface area (Å²) in [7, 11) is 0. The molecule has 1 aromatic heterocycles. The summed E-state index contributed by atoms with van der Waals surface area (Å²) in [5.74, 6) is 1.65. The summed E-state index contributed by atoms with van der Waals surface area (Å²) >= 11 is 2.30. The van der Waals surface area contributed by atoms with E-state index < -0.39 is 0 Å². The summed E-state index contributed by atoms with van der Waals surface area (Å²) in [6, 6.07) is 0. The van der Waals surface area contributed by atoms with Gasteiger partial charge in [0.25, 0.3) is 0 Å². The molecule has 1 saturated heterocycles. The first-order chi connectivity index (χ1) is 8.70. The van der Waals surface area contributed by atoms with E-state index in [1.807, 2.05) is 6.20 Å². The van der Waals surface area contributed by atoms with Gasteiger partial charge >= 0.3 is 0 Å². The highest BCUT2D eigenvalue weighted by molar-refractivity contribution is 14.1. The summed E-state index contributed by atoms with van der Waals surface area (Å²) in [6.45, 7) is 8.32. The van der Waals surface area contributed by atoms with Crippen molar-refractivity contribution >= 4 is 28.4 Å². The molecule has 6 heteroatoms.